The third-order valence-electron chi connectivity index (χ3n) is 3.16. The van der Waals surface area contributed by atoms with Crippen LogP contribution in [0, 0.1) is 0 Å². The van der Waals surface area contributed by atoms with Crippen molar-refractivity contribution in [2.45, 2.75) is 39.2 Å². The maximum atomic E-state index is 5.48. The number of aryl methyl sites for hydroxylation is 1. The van der Waals surface area contributed by atoms with Crippen molar-refractivity contribution >= 4 is 15.9 Å². The van der Waals surface area contributed by atoms with Crippen LogP contribution in [0.4, 0.5) is 0 Å². The van der Waals surface area contributed by atoms with Gasteiger partial charge < -0.3 is 14.8 Å². The molecule has 0 aliphatic rings. The Morgan fingerprint density at radius 3 is 2.58 bits per heavy atom. The molecule has 0 aromatic heterocycles. The highest BCUT2D eigenvalue weighted by Crippen LogP contribution is 2.37. The van der Waals surface area contributed by atoms with Gasteiger partial charge in [-0.1, -0.05) is 13.0 Å². The molecule has 0 aliphatic heterocycles. The van der Waals surface area contributed by atoms with Crippen LogP contribution in [0.15, 0.2) is 16.6 Å². The normalized spacial score (nSPS) is 12.3. The van der Waals surface area contributed by atoms with Gasteiger partial charge in [-0.05, 0) is 60.3 Å². The van der Waals surface area contributed by atoms with Crippen molar-refractivity contribution < 1.29 is 9.47 Å². The Labute approximate surface area is 124 Å². The first-order chi connectivity index (χ1) is 9.13. The molecule has 0 bridgehead atoms. The molecule has 1 aromatic rings. The van der Waals surface area contributed by atoms with Crippen molar-refractivity contribution in [1.82, 2.24) is 5.32 Å². The summed E-state index contributed by atoms with van der Waals surface area (Å²) >= 11 is 3.54. The second-order valence-corrected chi connectivity index (χ2v) is 5.46. The van der Waals surface area contributed by atoms with Crippen LogP contribution in [0.2, 0.25) is 0 Å². The van der Waals surface area contributed by atoms with Crippen LogP contribution in [0.1, 0.15) is 32.3 Å². The SMILES string of the molecule is CCCNC(C)CCc1ccc(OC)c(Br)c1OC. The second-order valence-electron chi connectivity index (χ2n) is 4.67. The Hall–Kier alpha value is -0.740. The van der Waals surface area contributed by atoms with Crippen LogP contribution < -0.4 is 14.8 Å². The summed E-state index contributed by atoms with van der Waals surface area (Å²) in [6.07, 6.45) is 3.25. The zero-order valence-corrected chi connectivity index (χ0v) is 13.8. The Bertz CT molecular complexity index is 396. The molecule has 0 fully saturated rings. The lowest BCUT2D eigenvalue weighted by molar-refractivity contribution is 0.385. The summed E-state index contributed by atoms with van der Waals surface area (Å²) in [7, 11) is 3.36. The fraction of sp³-hybridized carbons (Fsp3) is 0.600. The van der Waals surface area contributed by atoms with Gasteiger partial charge in [-0.2, -0.15) is 0 Å². The highest BCUT2D eigenvalue weighted by molar-refractivity contribution is 9.10. The lowest BCUT2D eigenvalue weighted by Gasteiger charge is -2.16. The van der Waals surface area contributed by atoms with Gasteiger partial charge in [0.25, 0.3) is 0 Å². The van der Waals surface area contributed by atoms with Crippen molar-refractivity contribution in [1.29, 1.82) is 0 Å². The predicted molar refractivity (Wildman–Crippen MR) is 83.3 cm³/mol. The molecular weight excluding hydrogens is 306 g/mol. The summed E-state index contributed by atoms with van der Waals surface area (Å²) in [5, 5.41) is 3.50. The van der Waals surface area contributed by atoms with Crippen molar-refractivity contribution in [2.24, 2.45) is 0 Å². The minimum atomic E-state index is 0.519. The van der Waals surface area contributed by atoms with E-state index < -0.39 is 0 Å². The third-order valence-corrected chi connectivity index (χ3v) is 3.91. The number of methoxy groups -OCH3 is 2. The molecule has 1 N–H and O–H groups in total. The highest BCUT2D eigenvalue weighted by atomic mass is 79.9. The van der Waals surface area contributed by atoms with Crippen LogP contribution in [-0.2, 0) is 6.42 Å². The van der Waals surface area contributed by atoms with Gasteiger partial charge in [-0.3, -0.25) is 0 Å². The molecule has 0 saturated heterocycles. The summed E-state index contributed by atoms with van der Waals surface area (Å²) in [6.45, 7) is 5.48. The molecule has 3 nitrogen and oxygen atoms in total. The van der Waals surface area contributed by atoms with Crippen LogP contribution in [0.3, 0.4) is 0 Å². The van der Waals surface area contributed by atoms with E-state index >= 15 is 0 Å². The van der Waals surface area contributed by atoms with Gasteiger partial charge in [-0.15, -0.1) is 0 Å². The van der Waals surface area contributed by atoms with Gasteiger partial charge in [0.05, 0.1) is 14.2 Å². The van der Waals surface area contributed by atoms with Crippen molar-refractivity contribution in [3.63, 3.8) is 0 Å². The zero-order chi connectivity index (χ0) is 14.3. The first-order valence-electron chi connectivity index (χ1n) is 6.76. The molecule has 0 radical (unpaired) electrons. The molecule has 0 spiro atoms. The molecule has 1 rings (SSSR count). The number of nitrogens with one attached hydrogen (secondary N) is 1. The number of hydrogen-bond donors (Lipinski definition) is 1. The Balaban J connectivity index is 2.70. The number of rotatable bonds is 8. The molecule has 1 atom stereocenters. The van der Waals surface area contributed by atoms with Gasteiger partial charge in [0.15, 0.2) is 0 Å². The molecular formula is C15H24BrNO2. The van der Waals surface area contributed by atoms with Crippen LogP contribution in [0.25, 0.3) is 0 Å². The van der Waals surface area contributed by atoms with Gasteiger partial charge in [0.2, 0.25) is 0 Å². The minimum Gasteiger partial charge on any atom is -0.495 e. The average molecular weight is 330 g/mol. The van der Waals surface area contributed by atoms with E-state index in [0.717, 1.165) is 35.4 Å². The Kier molecular flexibility index (Phi) is 7.24. The van der Waals surface area contributed by atoms with Crippen LogP contribution in [0.5, 0.6) is 11.5 Å². The van der Waals surface area contributed by atoms with E-state index in [2.05, 4.69) is 41.2 Å². The molecule has 1 unspecified atom stereocenters. The molecule has 0 aliphatic carbocycles. The van der Waals surface area contributed by atoms with E-state index in [4.69, 9.17) is 9.47 Å². The van der Waals surface area contributed by atoms with E-state index in [1.165, 1.54) is 12.0 Å². The highest BCUT2D eigenvalue weighted by Gasteiger charge is 2.13. The number of hydrogen-bond acceptors (Lipinski definition) is 3. The first kappa shape index (κ1) is 16.3. The lowest BCUT2D eigenvalue weighted by Crippen LogP contribution is -2.27. The van der Waals surface area contributed by atoms with E-state index in [9.17, 15) is 0 Å². The lowest BCUT2D eigenvalue weighted by atomic mass is 10.0. The summed E-state index contributed by atoms with van der Waals surface area (Å²) in [5.74, 6) is 1.68. The number of halogens is 1. The van der Waals surface area contributed by atoms with Crippen molar-refractivity contribution in [3.8, 4) is 11.5 Å². The Morgan fingerprint density at radius 1 is 1.26 bits per heavy atom. The zero-order valence-electron chi connectivity index (χ0n) is 12.3. The molecule has 108 valence electrons. The Morgan fingerprint density at radius 2 is 2.00 bits per heavy atom. The predicted octanol–water partition coefficient (Wildman–Crippen LogP) is 3.79. The largest absolute Gasteiger partial charge is 0.495 e. The first-order valence-corrected chi connectivity index (χ1v) is 7.56. The quantitative estimate of drug-likeness (QED) is 0.787. The minimum absolute atomic E-state index is 0.519. The fourth-order valence-corrected chi connectivity index (χ4v) is 2.73. The van der Waals surface area contributed by atoms with Crippen molar-refractivity contribution in [2.75, 3.05) is 20.8 Å². The summed E-state index contributed by atoms with van der Waals surface area (Å²) in [6, 6.07) is 4.58. The molecule has 1 aromatic carbocycles. The summed E-state index contributed by atoms with van der Waals surface area (Å²) in [5.41, 5.74) is 1.21. The second kappa shape index (κ2) is 8.43. The summed E-state index contributed by atoms with van der Waals surface area (Å²) in [4.78, 5) is 0. The maximum Gasteiger partial charge on any atom is 0.139 e. The van der Waals surface area contributed by atoms with Crippen LogP contribution in [-0.4, -0.2) is 26.8 Å². The van der Waals surface area contributed by atoms with Crippen molar-refractivity contribution in [3.05, 3.63) is 22.2 Å². The number of ether oxygens (including phenoxy) is 2. The molecule has 19 heavy (non-hydrogen) atoms. The van der Waals surface area contributed by atoms with E-state index in [1.54, 1.807) is 14.2 Å². The van der Waals surface area contributed by atoms with Gasteiger partial charge in [0.1, 0.15) is 16.0 Å². The van der Waals surface area contributed by atoms with E-state index in [1.807, 2.05) is 6.07 Å². The molecule has 0 saturated carbocycles. The van der Waals surface area contributed by atoms with Crippen LogP contribution >= 0.6 is 15.9 Å². The number of benzene rings is 1. The molecule has 0 amide bonds. The van der Waals surface area contributed by atoms with Gasteiger partial charge in [-0.25, -0.2) is 0 Å². The standard InChI is InChI=1S/C15H24BrNO2/c1-5-10-17-11(2)6-7-12-8-9-13(18-3)14(16)15(12)19-4/h8-9,11,17H,5-7,10H2,1-4H3. The molecule has 4 heteroatoms. The monoisotopic (exact) mass is 329 g/mol. The fourth-order valence-electron chi connectivity index (χ4n) is 2.02. The molecule has 0 heterocycles. The smallest absolute Gasteiger partial charge is 0.139 e. The van der Waals surface area contributed by atoms with Gasteiger partial charge >= 0.3 is 0 Å². The van der Waals surface area contributed by atoms with E-state index in [-0.39, 0.29) is 0 Å². The third kappa shape index (κ3) is 4.69. The summed E-state index contributed by atoms with van der Waals surface area (Å²) < 4.78 is 11.7. The topological polar surface area (TPSA) is 30.5 Å². The van der Waals surface area contributed by atoms with Gasteiger partial charge in [0, 0.05) is 6.04 Å². The average Bonchev–Trinajstić information content (AvgIpc) is 2.42. The maximum absolute atomic E-state index is 5.48. The van der Waals surface area contributed by atoms with E-state index in [0.29, 0.717) is 6.04 Å².